The van der Waals surface area contributed by atoms with Crippen molar-refractivity contribution in [1.29, 1.82) is 0 Å². The Kier molecular flexibility index (Phi) is 7.89. The van der Waals surface area contributed by atoms with Crippen molar-refractivity contribution in [1.82, 2.24) is 0 Å². The molecule has 0 radical (unpaired) electrons. The second-order valence-corrected chi connectivity index (χ2v) is 8.70. The van der Waals surface area contributed by atoms with Crippen LogP contribution in [0.3, 0.4) is 0 Å². The first-order valence-electron chi connectivity index (χ1n) is 10.4. The molecule has 3 aromatic rings. The van der Waals surface area contributed by atoms with Crippen molar-refractivity contribution in [3.05, 3.63) is 78.6 Å². The van der Waals surface area contributed by atoms with Gasteiger partial charge in [-0.3, -0.25) is 9.52 Å². The van der Waals surface area contributed by atoms with E-state index in [1.807, 2.05) is 6.92 Å². The fraction of sp³-hybridized carbons (Fsp3) is 0.208. The molecule has 0 aliphatic heterocycles. The fourth-order valence-electron chi connectivity index (χ4n) is 2.96. The predicted octanol–water partition coefficient (Wildman–Crippen LogP) is 4.82. The molecule has 0 bridgehead atoms. The van der Waals surface area contributed by atoms with Gasteiger partial charge < -0.3 is 14.8 Å². The Hall–Kier alpha value is -3.59. The molecule has 0 unspecified atom stereocenters. The minimum atomic E-state index is -3.82. The average Bonchev–Trinajstić information content (AvgIpc) is 2.80. The van der Waals surface area contributed by atoms with Crippen molar-refractivity contribution in [2.24, 2.45) is 0 Å². The zero-order chi connectivity index (χ0) is 23.8. The molecule has 1 amide bonds. The summed E-state index contributed by atoms with van der Waals surface area (Å²) >= 11 is 0. The number of hydrogen-bond acceptors (Lipinski definition) is 5. The molecule has 0 fully saturated rings. The molecule has 0 spiro atoms. The van der Waals surface area contributed by atoms with Gasteiger partial charge in [0.05, 0.1) is 11.5 Å². The molecule has 9 heteroatoms. The summed E-state index contributed by atoms with van der Waals surface area (Å²) in [5, 5.41) is 2.66. The molecule has 2 N–H and O–H groups in total. The largest absolute Gasteiger partial charge is 0.494 e. The van der Waals surface area contributed by atoms with Crippen LogP contribution in [-0.2, 0) is 14.8 Å². The van der Waals surface area contributed by atoms with Crippen molar-refractivity contribution < 1.29 is 27.1 Å². The molecule has 3 aromatic carbocycles. The quantitative estimate of drug-likeness (QED) is 0.441. The number of amides is 1. The number of para-hydroxylation sites is 1. The third kappa shape index (κ3) is 6.45. The van der Waals surface area contributed by atoms with Gasteiger partial charge in [0.2, 0.25) is 0 Å². The van der Waals surface area contributed by atoms with Crippen LogP contribution in [0.25, 0.3) is 0 Å². The standard InChI is InChI=1S/C24H25FN2O5S/c1-3-22(32-23-8-6-5-7-21(23)25)24(28)26-17-11-15-20(16-12-17)33(29,30)27-18-9-13-19(14-10-18)31-4-2/h5-16,22,27H,3-4H2,1-2H3,(H,26,28)/t22-/m1/s1. The smallest absolute Gasteiger partial charge is 0.265 e. The minimum absolute atomic E-state index is 0.0127. The maximum absolute atomic E-state index is 13.8. The molecule has 0 aromatic heterocycles. The Morgan fingerprint density at radius 3 is 2.18 bits per heavy atom. The molecule has 33 heavy (non-hydrogen) atoms. The molecule has 0 aliphatic carbocycles. The number of benzene rings is 3. The van der Waals surface area contributed by atoms with Crippen LogP contribution in [-0.4, -0.2) is 27.0 Å². The summed E-state index contributed by atoms with van der Waals surface area (Å²) < 4.78 is 52.5. The second kappa shape index (κ2) is 10.8. The molecular formula is C24H25FN2O5S. The zero-order valence-corrected chi connectivity index (χ0v) is 19.1. The fourth-order valence-corrected chi connectivity index (χ4v) is 4.01. The maximum atomic E-state index is 13.8. The van der Waals surface area contributed by atoms with E-state index in [0.717, 1.165) is 0 Å². The van der Waals surface area contributed by atoms with Crippen molar-refractivity contribution in [3.63, 3.8) is 0 Å². The van der Waals surface area contributed by atoms with Crippen LogP contribution in [0.2, 0.25) is 0 Å². The number of halogens is 1. The van der Waals surface area contributed by atoms with Gasteiger partial charge in [-0.05, 0) is 74.0 Å². The van der Waals surface area contributed by atoms with Gasteiger partial charge in [-0.2, -0.15) is 0 Å². The highest BCUT2D eigenvalue weighted by Gasteiger charge is 2.20. The van der Waals surface area contributed by atoms with Gasteiger partial charge >= 0.3 is 0 Å². The monoisotopic (exact) mass is 472 g/mol. The number of hydrogen-bond donors (Lipinski definition) is 2. The Balaban J connectivity index is 1.64. The first-order chi connectivity index (χ1) is 15.8. The van der Waals surface area contributed by atoms with Gasteiger partial charge in [-0.15, -0.1) is 0 Å². The van der Waals surface area contributed by atoms with Gasteiger partial charge in [-0.1, -0.05) is 19.1 Å². The van der Waals surface area contributed by atoms with Crippen LogP contribution in [0.15, 0.2) is 77.7 Å². The van der Waals surface area contributed by atoms with Gasteiger partial charge in [0.15, 0.2) is 17.7 Å². The number of carbonyl (C=O) groups is 1. The molecule has 7 nitrogen and oxygen atoms in total. The summed E-state index contributed by atoms with van der Waals surface area (Å²) in [6.07, 6.45) is -0.592. The lowest BCUT2D eigenvalue weighted by Gasteiger charge is -2.17. The molecular weight excluding hydrogens is 447 g/mol. The molecule has 1 atom stereocenters. The number of anilines is 2. The van der Waals surface area contributed by atoms with E-state index in [2.05, 4.69) is 10.0 Å². The van der Waals surface area contributed by atoms with Gasteiger partial charge in [0, 0.05) is 11.4 Å². The summed E-state index contributed by atoms with van der Waals surface area (Å²) in [7, 11) is -3.82. The summed E-state index contributed by atoms with van der Waals surface area (Å²) in [4.78, 5) is 12.6. The zero-order valence-electron chi connectivity index (χ0n) is 18.2. The normalized spacial score (nSPS) is 12.0. The molecule has 0 saturated carbocycles. The topological polar surface area (TPSA) is 93.7 Å². The second-order valence-electron chi connectivity index (χ2n) is 7.02. The molecule has 0 aliphatic rings. The molecule has 174 valence electrons. The number of ether oxygens (including phenoxy) is 2. The van der Waals surface area contributed by atoms with Crippen LogP contribution in [0.5, 0.6) is 11.5 Å². The van der Waals surface area contributed by atoms with Crippen LogP contribution in [0, 0.1) is 5.82 Å². The van der Waals surface area contributed by atoms with Crippen molar-refractivity contribution >= 4 is 27.3 Å². The summed E-state index contributed by atoms with van der Waals surface area (Å²) in [5.41, 5.74) is 0.780. The third-order valence-electron chi connectivity index (χ3n) is 4.62. The molecule has 0 saturated heterocycles. The highest BCUT2D eigenvalue weighted by atomic mass is 32.2. The molecule has 3 rings (SSSR count). The van der Waals surface area contributed by atoms with Gasteiger partial charge in [0.1, 0.15) is 5.75 Å². The highest BCUT2D eigenvalue weighted by molar-refractivity contribution is 7.92. The van der Waals surface area contributed by atoms with Gasteiger partial charge in [-0.25, -0.2) is 12.8 Å². The summed E-state index contributed by atoms with van der Waals surface area (Å²) in [6.45, 7) is 4.12. The van der Waals surface area contributed by atoms with Crippen molar-refractivity contribution in [2.45, 2.75) is 31.3 Å². The lowest BCUT2D eigenvalue weighted by Crippen LogP contribution is -2.32. The van der Waals surface area contributed by atoms with Crippen molar-refractivity contribution in [2.75, 3.05) is 16.6 Å². The van der Waals surface area contributed by atoms with Crippen LogP contribution in [0.1, 0.15) is 20.3 Å². The Bertz CT molecular complexity index is 1180. The maximum Gasteiger partial charge on any atom is 0.265 e. The summed E-state index contributed by atoms with van der Waals surface area (Å²) in [6, 6.07) is 18.1. The first-order valence-corrected chi connectivity index (χ1v) is 11.9. The minimum Gasteiger partial charge on any atom is -0.494 e. The molecule has 0 heterocycles. The third-order valence-corrected chi connectivity index (χ3v) is 6.02. The van der Waals surface area contributed by atoms with E-state index >= 15 is 0 Å². The van der Waals surface area contributed by atoms with E-state index in [9.17, 15) is 17.6 Å². The SMILES string of the molecule is CCOc1ccc(NS(=O)(=O)c2ccc(NC(=O)[C@@H](CC)Oc3ccccc3F)cc2)cc1. The Morgan fingerprint density at radius 1 is 0.939 bits per heavy atom. The summed E-state index contributed by atoms with van der Waals surface area (Å²) in [5.74, 6) is -0.395. The predicted molar refractivity (Wildman–Crippen MR) is 125 cm³/mol. The number of nitrogens with one attached hydrogen (secondary N) is 2. The van der Waals surface area contributed by atoms with E-state index in [1.165, 1.54) is 42.5 Å². The number of sulfonamides is 1. The van der Waals surface area contributed by atoms with E-state index in [-0.39, 0.29) is 10.6 Å². The van der Waals surface area contributed by atoms with Gasteiger partial charge in [0.25, 0.3) is 15.9 Å². The van der Waals surface area contributed by atoms with Crippen LogP contribution < -0.4 is 19.5 Å². The lowest BCUT2D eigenvalue weighted by atomic mass is 10.2. The van der Waals surface area contributed by atoms with Crippen LogP contribution in [0.4, 0.5) is 15.8 Å². The first kappa shape index (κ1) is 24.1. The van der Waals surface area contributed by atoms with Crippen molar-refractivity contribution in [3.8, 4) is 11.5 Å². The van der Waals surface area contributed by atoms with Crippen LogP contribution >= 0.6 is 0 Å². The number of rotatable bonds is 10. The Morgan fingerprint density at radius 2 is 1.58 bits per heavy atom. The van der Waals surface area contributed by atoms with E-state index in [4.69, 9.17) is 9.47 Å². The lowest BCUT2D eigenvalue weighted by molar-refractivity contribution is -0.122. The Labute approximate surface area is 192 Å². The number of carbonyl (C=O) groups excluding carboxylic acids is 1. The van der Waals surface area contributed by atoms with E-state index < -0.39 is 27.9 Å². The van der Waals surface area contributed by atoms with E-state index in [1.54, 1.807) is 37.3 Å². The average molecular weight is 473 g/mol. The highest BCUT2D eigenvalue weighted by Crippen LogP contribution is 2.22. The van der Waals surface area contributed by atoms with E-state index in [0.29, 0.717) is 30.2 Å².